The zero-order valence-electron chi connectivity index (χ0n) is 11.4. The van der Waals surface area contributed by atoms with E-state index >= 15 is 0 Å². The highest BCUT2D eigenvalue weighted by Gasteiger charge is 2.47. The Bertz CT molecular complexity index is 424. The SMILES string of the molecule is C=CC12CCCCC1C(C(O)c1ncco1)CCC2. The summed E-state index contributed by atoms with van der Waals surface area (Å²) < 4.78 is 5.31. The van der Waals surface area contributed by atoms with E-state index in [1.165, 1.54) is 38.5 Å². The van der Waals surface area contributed by atoms with Crippen LogP contribution in [0.1, 0.15) is 56.9 Å². The van der Waals surface area contributed by atoms with E-state index in [0.717, 1.165) is 6.42 Å². The maximum absolute atomic E-state index is 10.6. The van der Waals surface area contributed by atoms with Gasteiger partial charge in [-0.3, -0.25) is 0 Å². The zero-order valence-corrected chi connectivity index (χ0v) is 11.4. The van der Waals surface area contributed by atoms with Gasteiger partial charge in [-0.25, -0.2) is 4.98 Å². The highest BCUT2D eigenvalue weighted by molar-refractivity contribution is 5.07. The van der Waals surface area contributed by atoms with Gasteiger partial charge in [-0.2, -0.15) is 0 Å². The van der Waals surface area contributed by atoms with Crippen LogP contribution < -0.4 is 0 Å². The fourth-order valence-electron chi connectivity index (χ4n) is 4.41. The van der Waals surface area contributed by atoms with E-state index in [-0.39, 0.29) is 11.3 Å². The third-order valence-electron chi connectivity index (χ3n) is 5.36. The van der Waals surface area contributed by atoms with Crippen LogP contribution in [0, 0.1) is 17.3 Å². The standard InChI is InChI=1S/C16H23NO2/c1-2-16-8-4-3-7-13(16)12(6-5-9-16)14(18)15-17-10-11-19-15/h2,10-14,18H,1,3-9H2. The van der Waals surface area contributed by atoms with Crippen molar-refractivity contribution >= 4 is 0 Å². The molecule has 2 fully saturated rings. The average Bonchev–Trinajstić information content (AvgIpc) is 3.00. The predicted molar refractivity (Wildman–Crippen MR) is 73.4 cm³/mol. The van der Waals surface area contributed by atoms with Gasteiger partial charge in [0.15, 0.2) is 0 Å². The normalized spacial score (nSPS) is 36.5. The van der Waals surface area contributed by atoms with Crippen molar-refractivity contribution in [2.45, 2.75) is 51.0 Å². The topological polar surface area (TPSA) is 46.3 Å². The monoisotopic (exact) mass is 261 g/mol. The highest BCUT2D eigenvalue weighted by Crippen LogP contribution is 2.56. The molecule has 4 unspecified atom stereocenters. The number of nitrogens with zero attached hydrogens (tertiary/aromatic N) is 1. The van der Waals surface area contributed by atoms with Crippen molar-refractivity contribution < 1.29 is 9.52 Å². The van der Waals surface area contributed by atoms with Crippen LogP contribution in [0.2, 0.25) is 0 Å². The maximum atomic E-state index is 10.6. The molecule has 0 amide bonds. The first kappa shape index (κ1) is 12.9. The molecule has 0 spiro atoms. The number of aliphatic hydroxyl groups excluding tert-OH is 1. The minimum absolute atomic E-state index is 0.245. The number of allylic oxidation sites excluding steroid dienone is 1. The molecule has 104 valence electrons. The van der Waals surface area contributed by atoms with Crippen molar-refractivity contribution in [1.82, 2.24) is 4.98 Å². The van der Waals surface area contributed by atoms with Gasteiger partial charge in [-0.05, 0) is 42.9 Å². The largest absolute Gasteiger partial charge is 0.446 e. The summed E-state index contributed by atoms with van der Waals surface area (Å²) in [4.78, 5) is 4.14. The zero-order chi connectivity index (χ0) is 13.3. The van der Waals surface area contributed by atoms with Gasteiger partial charge >= 0.3 is 0 Å². The number of aromatic nitrogens is 1. The van der Waals surface area contributed by atoms with Crippen molar-refractivity contribution in [2.75, 3.05) is 0 Å². The summed E-state index contributed by atoms with van der Waals surface area (Å²) in [6.45, 7) is 4.10. The third kappa shape index (κ3) is 2.14. The number of rotatable bonds is 3. The van der Waals surface area contributed by atoms with Gasteiger partial charge < -0.3 is 9.52 Å². The van der Waals surface area contributed by atoms with E-state index in [1.807, 2.05) is 0 Å². The van der Waals surface area contributed by atoms with E-state index in [2.05, 4.69) is 17.6 Å². The molecule has 4 atom stereocenters. The van der Waals surface area contributed by atoms with Gasteiger partial charge in [0.1, 0.15) is 12.4 Å². The summed E-state index contributed by atoms with van der Waals surface area (Å²) in [6.07, 6.45) is 13.3. The van der Waals surface area contributed by atoms with E-state index < -0.39 is 6.10 Å². The number of fused-ring (bicyclic) bond motifs is 1. The molecule has 3 nitrogen and oxygen atoms in total. The molecular weight excluding hydrogens is 238 g/mol. The number of aliphatic hydroxyl groups is 1. The van der Waals surface area contributed by atoms with Crippen LogP contribution >= 0.6 is 0 Å². The van der Waals surface area contributed by atoms with E-state index in [9.17, 15) is 5.11 Å². The summed E-state index contributed by atoms with van der Waals surface area (Å²) in [5, 5.41) is 10.6. The molecule has 0 radical (unpaired) electrons. The maximum Gasteiger partial charge on any atom is 0.223 e. The summed E-state index contributed by atoms with van der Waals surface area (Å²) in [6, 6.07) is 0. The molecule has 19 heavy (non-hydrogen) atoms. The lowest BCUT2D eigenvalue weighted by Crippen LogP contribution is -2.42. The first-order valence-corrected chi connectivity index (χ1v) is 7.48. The Labute approximate surface area is 114 Å². The van der Waals surface area contributed by atoms with Gasteiger partial charge in [0.05, 0.1) is 6.20 Å². The molecule has 1 aromatic rings. The van der Waals surface area contributed by atoms with Gasteiger partial charge in [0, 0.05) is 0 Å². The Morgan fingerprint density at radius 2 is 2.21 bits per heavy atom. The van der Waals surface area contributed by atoms with Crippen LogP contribution in [-0.4, -0.2) is 10.1 Å². The summed E-state index contributed by atoms with van der Waals surface area (Å²) in [5.74, 6) is 1.29. The predicted octanol–water partition coefficient (Wildman–Crippen LogP) is 3.87. The number of oxazole rings is 1. The van der Waals surface area contributed by atoms with Gasteiger partial charge in [-0.15, -0.1) is 6.58 Å². The quantitative estimate of drug-likeness (QED) is 0.840. The third-order valence-corrected chi connectivity index (χ3v) is 5.36. The second-order valence-corrected chi connectivity index (χ2v) is 6.16. The highest BCUT2D eigenvalue weighted by atomic mass is 16.4. The molecule has 2 aliphatic carbocycles. The molecule has 2 aliphatic rings. The van der Waals surface area contributed by atoms with Crippen LogP contribution in [0.15, 0.2) is 29.5 Å². The van der Waals surface area contributed by atoms with E-state index in [0.29, 0.717) is 11.8 Å². The van der Waals surface area contributed by atoms with Crippen LogP contribution in [0.5, 0.6) is 0 Å². The molecular formula is C16H23NO2. The average molecular weight is 261 g/mol. The summed E-state index contributed by atoms with van der Waals surface area (Å²) >= 11 is 0. The molecule has 0 bridgehead atoms. The summed E-state index contributed by atoms with van der Waals surface area (Å²) in [5.41, 5.74) is 0.245. The number of hydrogen-bond donors (Lipinski definition) is 1. The lowest BCUT2D eigenvalue weighted by Gasteiger charge is -2.50. The first-order chi connectivity index (χ1) is 9.27. The molecule has 0 aromatic carbocycles. The van der Waals surface area contributed by atoms with Crippen molar-refractivity contribution in [3.05, 3.63) is 31.0 Å². The molecule has 0 aliphatic heterocycles. The minimum Gasteiger partial charge on any atom is -0.446 e. The molecule has 2 saturated carbocycles. The van der Waals surface area contributed by atoms with Crippen LogP contribution in [0.3, 0.4) is 0 Å². The van der Waals surface area contributed by atoms with Crippen molar-refractivity contribution in [2.24, 2.45) is 17.3 Å². The van der Waals surface area contributed by atoms with Crippen molar-refractivity contribution in [1.29, 1.82) is 0 Å². The minimum atomic E-state index is -0.558. The molecule has 3 rings (SSSR count). The lowest BCUT2D eigenvalue weighted by molar-refractivity contribution is -0.0403. The Hall–Kier alpha value is -1.09. The van der Waals surface area contributed by atoms with E-state index in [4.69, 9.17) is 4.42 Å². The van der Waals surface area contributed by atoms with Crippen LogP contribution in [0.4, 0.5) is 0 Å². The second kappa shape index (κ2) is 5.12. The molecule has 3 heteroatoms. The second-order valence-electron chi connectivity index (χ2n) is 6.16. The van der Waals surface area contributed by atoms with Gasteiger partial charge in [0.25, 0.3) is 0 Å². The van der Waals surface area contributed by atoms with Crippen molar-refractivity contribution in [3.8, 4) is 0 Å². The van der Waals surface area contributed by atoms with Crippen LogP contribution in [0.25, 0.3) is 0 Å². The smallest absolute Gasteiger partial charge is 0.223 e. The Morgan fingerprint density at radius 1 is 1.37 bits per heavy atom. The lowest BCUT2D eigenvalue weighted by atomic mass is 9.55. The Kier molecular flexibility index (Phi) is 3.48. The van der Waals surface area contributed by atoms with Crippen LogP contribution in [-0.2, 0) is 0 Å². The fraction of sp³-hybridized carbons (Fsp3) is 0.688. The Morgan fingerprint density at radius 3 is 2.95 bits per heavy atom. The molecule has 1 aromatic heterocycles. The van der Waals surface area contributed by atoms with Gasteiger partial charge in [-0.1, -0.05) is 25.3 Å². The molecule has 1 N–H and O–H groups in total. The van der Waals surface area contributed by atoms with Crippen molar-refractivity contribution in [3.63, 3.8) is 0 Å². The first-order valence-electron chi connectivity index (χ1n) is 7.48. The number of hydrogen-bond acceptors (Lipinski definition) is 3. The fourth-order valence-corrected chi connectivity index (χ4v) is 4.41. The molecule has 1 heterocycles. The molecule has 0 saturated heterocycles. The van der Waals surface area contributed by atoms with Gasteiger partial charge in [0.2, 0.25) is 5.89 Å². The van der Waals surface area contributed by atoms with E-state index in [1.54, 1.807) is 12.5 Å². The summed E-state index contributed by atoms with van der Waals surface area (Å²) in [7, 11) is 0. The Balaban J connectivity index is 1.86.